The number of benzene rings is 3. The van der Waals surface area contributed by atoms with Crippen molar-refractivity contribution in [1.82, 2.24) is 4.90 Å². The standard InChI is InChI=1S/C22H27NO/c1-16-9-7-11-18-15-19-12-8-10-17(2)21(19)22(20(16)18)24-14-6-5-13-23(3)4/h7-12,15H,5-6,13-14H2,1-4H3. The Labute approximate surface area is 145 Å². The second-order valence-electron chi connectivity index (χ2n) is 6.91. The van der Waals surface area contributed by atoms with Crippen LogP contribution in [0.3, 0.4) is 0 Å². The fraction of sp³-hybridized carbons (Fsp3) is 0.364. The van der Waals surface area contributed by atoms with Crippen molar-refractivity contribution < 1.29 is 4.74 Å². The van der Waals surface area contributed by atoms with Gasteiger partial charge in [0.15, 0.2) is 0 Å². The fourth-order valence-electron chi connectivity index (χ4n) is 3.38. The molecule has 0 saturated heterocycles. The van der Waals surface area contributed by atoms with Crippen LogP contribution in [0.25, 0.3) is 21.5 Å². The van der Waals surface area contributed by atoms with Gasteiger partial charge in [-0.2, -0.15) is 0 Å². The summed E-state index contributed by atoms with van der Waals surface area (Å²) in [7, 11) is 4.23. The van der Waals surface area contributed by atoms with Crippen LogP contribution >= 0.6 is 0 Å². The summed E-state index contributed by atoms with van der Waals surface area (Å²) in [5.74, 6) is 1.06. The van der Waals surface area contributed by atoms with E-state index in [4.69, 9.17) is 4.74 Å². The van der Waals surface area contributed by atoms with Gasteiger partial charge in [-0.15, -0.1) is 0 Å². The zero-order valence-corrected chi connectivity index (χ0v) is 15.2. The van der Waals surface area contributed by atoms with Gasteiger partial charge < -0.3 is 9.64 Å². The topological polar surface area (TPSA) is 12.5 Å². The Morgan fingerprint density at radius 2 is 1.42 bits per heavy atom. The maximum absolute atomic E-state index is 6.36. The van der Waals surface area contributed by atoms with Gasteiger partial charge in [0.1, 0.15) is 5.75 Å². The lowest BCUT2D eigenvalue weighted by Crippen LogP contribution is -2.13. The normalized spacial score (nSPS) is 11.5. The highest BCUT2D eigenvalue weighted by Crippen LogP contribution is 2.38. The zero-order valence-electron chi connectivity index (χ0n) is 15.2. The lowest BCUT2D eigenvalue weighted by atomic mass is 9.96. The van der Waals surface area contributed by atoms with Gasteiger partial charge >= 0.3 is 0 Å². The smallest absolute Gasteiger partial charge is 0.135 e. The second-order valence-corrected chi connectivity index (χ2v) is 6.91. The highest BCUT2D eigenvalue weighted by Gasteiger charge is 2.12. The highest BCUT2D eigenvalue weighted by atomic mass is 16.5. The number of fused-ring (bicyclic) bond motifs is 2. The SMILES string of the molecule is Cc1cccc2cc3cccc(C)c3c(OCCCCN(C)C)c12. The molecule has 0 radical (unpaired) electrons. The molecule has 2 nitrogen and oxygen atoms in total. The predicted molar refractivity (Wildman–Crippen MR) is 104 cm³/mol. The van der Waals surface area contributed by atoms with E-state index in [-0.39, 0.29) is 0 Å². The summed E-state index contributed by atoms with van der Waals surface area (Å²) in [6.07, 6.45) is 2.24. The average molecular weight is 321 g/mol. The van der Waals surface area contributed by atoms with E-state index in [0.717, 1.165) is 31.7 Å². The van der Waals surface area contributed by atoms with Crippen molar-refractivity contribution in [2.45, 2.75) is 26.7 Å². The average Bonchev–Trinajstić information content (AvgIpc) is 2.53. The van der Waals surface area contributed by atoms with E-state index < -0.39 is 0 Å². The third-order valence-corrected chi connectivity index (χ3v) is 4.62. The Morgan fingerprint density at radius 3 is 1.96 bits per heavy atom. The zero-order chi connectivity index (χ0) is 17.1. The van der Waals surface area contributed by atoms with Gasteiger partial charge in [0.05, 0.1) is 6.61 Å². The molecule has 0 fully saturated rings. The lowest BCUT2D eigenvalue weighted by molar-refractivity contribution is 0.298. The van der Waals surface area contributed by atoms with Crippen LogP contribution in [0.5, 0.6) is 5.75 Å². The number of aryl methyl sites for hydroxylation is 2. The molecule has 126 valence electrons. The van der Waals surface area contributed by atoms with E-state index in [1.807, 2.05) is 0 Å². The molecule has 0 unspecified atom stereocenters. The molecule has 0 heterocycles. The van der Waals surface area contributed by atoms with E-state index in [0.29, 0.717) is 0 Å². The molecule has 0 saturated carbocycles. The largest absolute Gasteiger partial charge is 0.492 e. The Bertz CT molecular complexity index is 791. The molecular formula is C22H27NO. The van der Waals surface area contributed by atoms with Crippen LogP contribution in [-0.2, 0) is 0 Å². The van der Waals surface area contributed by atoms with Gasteiger partial charge in [-0.1, -0.05) is 36.4 Å². The van der Waals surface area contributed by atoms with Gasteiger partial charge in [0, 0.05) is 10.8 Å². The van der Waals surface area contributed by atoms with E-state index in [1.165, 1.54) is 32.7 Å². The Hall–Kier alpha value is -2.06. The van der Waals surface area contributed by atoms with Gasteiger partial charge in [-0.3, -0.25) is 0 Å². The molecule has 0 N–H and O–H groups in total. The minimum Gasteiger partial charge on any atom is -0.492 e. The number of unbranched alkanes of at least 4 members (excludes halogenated alkanes) is 1. The summed E-state index contributed by atoms with van der Waals surface area (Å²) in [5.41, 5.74) is 2.56. The summed E-state index contributed by atoms with van der Waals surface area (Å²) in [5, 5.41) is 5.03. The number of nitrogens with zero attached hydrogens (tertiary/aromatic N) is 1. The minimum atomic E-state index is 0.769. The molecule has 0 aliphatic carbocycles. The molecule has 0 aliphatic rings. The highest BCUT2D eigenvalue weighted by molar-refractivity contribution is 6.07. The molecule has 0 spiro atoms. The molecule has 3 rings (SSSR count). The molecule has 0 aliphatic heterocycles. The first-order chi connectivity index (χ1) is 11.6. The van der Waals surface area contributed by atoms with Gasteiger partial charge in [-0.05, 0) is 75.3 Å². The maximum atomic E-state index is 6.36. The maximum Gasteiger partial charge on any atom is 0.135 e. The van der Waals surface area contributed by atoms with Gasteiger partial charge in [0.25, 0.3) is 0 Å². The molecule has 0 aromatic heterocycles. The van der Waals surface area contributed by atoms with Crippen LogP contribution in [0.15, 0.2) is 42.5 Å². The molecule has 0 bridgehead atoms. The molecule has 3 aromatic rings. The number of rotatable bonds is 6. The Kier molecular flexibility index (Phi) is 5.06. The third kappa shape index (κ3) is 3.39. The minimum absolute atomic E-state index is 0.769. The Balaban J connectivity index is 2.01. The third-order valence-electron chi connectivity index (χ3n) is 4.62. The van der Waals surface area contributed by atoms with Crippen LogP contribution in [0.4, 0.5) is 0 Å². The summed E-state index contributed by atoms with van der Waals surface area (Å²) in [6.45, 7) is 6.22. The molecule has 3 aromatic carbocycles. The number of hydrogen-bond acceptors (Lipinski definition) is 2. The van der Waals surface area contributed by atoms with Gasteiger partial charge in [0.2, 0.25) is 0 Å². The molecule has 24 heavy (non-hydrogen) atoms. The number of ether oxygens (including phenoxy) is 1. The van der Waals surface area contributed by atoms with Crippen LogP contribution in [0.1, 0.15) is 24.0 Å². The van der Waals surface area contributed by atoms with Crippen LogP contribution in [-0.4, -0.2) is 32.1 Å². The fourth-order valence-corrected chi connectivity index (χ4v) is 3.38. The van der Waals surface area contributed by atoms with Crippen molar-refractivity contribution in [1.29, 1.82) is 0 Å². The van der Waals surface area contributed by atoms with E-state index in [1.54, 1.807) is 0 Å². The summed E-state index contributed by atoms with van der Waals surface area (Å²) in [6, 6.07) is 15.2. The monoisotopic (exact) mass is 321 g/mol. The first kappa shape index (κ1) is 16.8. The summed E-state index contributed by atoms with van der Waals surface area (Å²) in [4.78, 5) is 2.22. The predicted octanol–water partition coefficient (Wildman–Crippen LogP) is 5.33. The molecule has 0 amide bonds. The van der Waals surface area contributed by atoms with Crippen LogP contribution in [0.2, 0.25) is 0 Å². The van der Waals surface area contributed by atoms with Crippen molar-refractivity contribution in [2.75, 3.05) is 27.2 Å². The van der Waals surface area contributed by atoms with Crippen molar-refractivity contribution in [2.24, 2.45) is 0 Å². The second kappa shape index (κ2) is 7.23. The Morgan fingerprint density at radius 1 is 0.833 bits per heavy atom. The molecule has 2 heteroatoms. The number of hydrogen-bond donors (Lipinski definition) is 0. The lowest BCUT2D eigenvalue weighted by Gasteiger charge is -2.16. The quantitative estimate of drug-likeness (QED) is 0.449. The van der Waals surface area contributed by atoms with E-state index in [9.17, 15) is 0 Å². The summed E-state index contributed by atoms with van der Waals surface area (Å²) < 4.78 is 6.36. The van der Waals surface area contributed by atoms with Crippen molar-refractivity contribution >= 4 is 21.5 Å². The van der Waals surface area contributed by atoms with Gasteiger partial charge in [-0.25, -0.2) is 0 Å². The summed E-state index contributed by atoms with van der Waals surface area (Å²) >= 11 is 0. The van der Waals surface area contributed by atoms with E-state index in [2.05, 4.69) is 75.3 Å². The van der Waals surface area contributed by atoms with Crippen molar-refractivity contribution in [3.63, 3.8) is 0 Å². The van der Waals surface area contributed by atoms with Crippen molar-refractivity contribution in [3.8, 4) is 5.75 Å². The van der Waals surface area contributed by atoms with Crippen LogP contribution in [0, 0.1) is 13.8 Å². The molecule has 0 atom stereocenters. The van der Waals surface area contributed by atoms with E-state index >= 15 is 0 Å². The van der Waals surface area contributed by atoms with Crippen molar-refractivity contribution in [3.05, 3.63) is 53.6 Å². The first-order valence-electron chi connectivity index (χ1n) is 8.77. The van der Waals surface area contributed by atoms with Crippen LogP contribution < -0.4 is 4.74 Å². The first-order valence-corrected chi connectivity index (χ1v) is 8.77. The molecular weight excluding hydrogens is 294 g/mol.